The van der Waals surface area contributed by atoms with Crippen molar-refractivity contribution in [2.45, 2.75) is 6.92 Å². The molecule has 0 radical (unpaired) electrons. The van der Waals surface area contributed by atoms with Gasteiger partial charge in [-0.15, -0.1) is 22.7 Å². The minimum atomic E-state index is -0.583. The first-order valence-electron chi connectivity index (χ1n) is 9.72. The van der Waals surface area contributed by atoms with Crippen molar-refractivity contribution >= 4 is 45.9 Å². The highest BCUT2D eigenvalue weighted by atomic mass is 32.1. The molecule has 1 amide bonds. The Labute approximate surface area is 195 Å². The number of rotatable bonds is 5. The third kappa shape index (κ3) is 4.03. The number of carbonyl (C=O) groups excluding carboxylic acids is 2. The number of thiazole rings is 1. The summed E-state index contributed by atoms with van der Waals surface area (Å²) in [7, 11) is 2.83. The lowest BCUT2D eigenvalue weighted by molar-refractivity contribution is -0.114. The minimum Gasteiger partial charge on any atom is -0.384 e. The Hall–Kier alpha value is -3.83. The number of nitrogens with one attached hydrogen (secondary N) is 1. The van der Waals surface area contributed by atoms with Gasteiger partial charge < -0.3 is 11.1 Å². The van der Waals surface area contributed by atoms with Gasteiger partial charge in [-0.1, -0.05) is 6.07 Å². The summed E-state index contributed by atoms with van der Waals surface area (Å²) in [6.07, 6.45) is 0. The van der Waals surface area contributed by atoms with Gasteiger partial charge in [0.05, 0.1) is 4.88 Å². The normalized spacial score (nSPS) is 10.9. The third-order valence-electron chi connectivity index (χ3n) is 4.98. The van der Waals surface area contributed by atoms with Crippen LogP contribution in [0.1, 0.15) is 22.2 Å². The Kier molecular flexibility index (Phi) is 5.83. The van der Waals surface area contributed by atoms with Gasteiger partial charge in [-0.05, 0) is 35.7 Å². The molecule has 0 aliphatic carbocycles. The van der Waals surface area contributed by atoms with Crippen molar-refractivity contribution in [2.24, 2.45) is 14.1 Å². The molecule has 0 atom stereocenters. The van der Waals surface area contributed by atoms with Gasteiger partial charge in [0, 0.05) is 32.3 Å². The average Bonchev–Trinajstić information content (AvgIpc) is 3.46. The van der Waals surface area contributed by atoms with Crippen LogP contribution in [0.15, 0.2) is 51.4 Å². The molecule has 0 spiro atoms. The summed E-state index contributed by atoms with van der Waals surface area (Å²) in [4.78, 5) is 55.4. The zero-order valence-electron chi connectivity index (χ0n) is 17.9. The van der Waals surface area contributed by atoms with Crippen LogP contribution >= 0.6 is 22.7 Å². The largest absolute Gasteiger partial charge is 0.384 e. The van der Waals surface area contributed by atoms with E-state index in [1.54, 1.807) is 24.3 Å². The predicted octanol–water partition coefficient (Wildman–Crippen LogP) is 2.71. The lowest BCUT2D eigenvalue weighted by Crippen LogP contribution is -2.39. The van der Waals surface area contributed by atoms with Gasteiger partial charge in [0.2, 0.25) is 11.7 Å². The Bertz CT molecular complexity index is 1500. The van der Waals surface area contributed by atoms with Crippen LogP contribution in [0.4, 0.5) is 11.5 Å². The van der Waals surface area contributed by atoms with Crippen molar-refractivity contribution in [2.75, 3.05) is 11.1 Å². The average molecular weight is 482 g/mol. The van der Waals surface area contributed by atoms with Gasteiger partial charge in [0.15, 0.2) is 0 Å². The molecule has 9 nitrogen and oxygen atoms in total. The van der Waals surface area contributed by atoms with E-state index in [4.69, 9.17) is 5.73 Å². The molecule has 1 aromatic carbocycles. The molecule has 0 saturated carbocycles. The molecule has 3 heterocycles. The fourth-order valence-corrected chi connectivity index (χ4v) is 5.13. The van der Waals surface area contributed by atoms with E-state index in [0.717, 1.165) is 20.8 Å². The van der Waals surface area contributed by atoms with Gasteiger partial charge in [-0.25, -0.2) is 9.78 Å². The van der Waals surface area contributed by atoms with E-state index in [-0.39, 0.29) is 28.1 Å². The summed E-state index contributed by atoms with van der Waals surface area (Å²) in [5.74, 6) is -0.512. The Morgan fingerprint density at radius 2 is 1.76 bits per heavy atom. The fourth-order valence-electron chi connectivity index (χ4n) is 3.26. The first-order chi connectivity index (χ1) is 15.7. The topological polar surface area (TPSA) is 129 Å². The van der Waals surface area contributed by atoms with E-state index >= 15 is 0 Å². The molecule has 0 aliphatic heterocycles. The van der Waals surface area contributed by atoms with Crippen LogP contribution in [0.5, 0.6) is 0 Å². The van der Waals surface area contributed by atoms with Crippen LogP contribution in [0.3, 0.4) is 0 Å². The second kappa shape index (κ2) is 8.60. The smallest absolute Gasteiger partial charge is 0.332 e. The van der Waals surface area contributed by atoms with Gasteiger partial charge in [-0.2, -0.15) is 0 Å². The first kappa shape index (κ1) is 22.4. The zero-order chi connectivity index (χ0) is 23.9. The van der Waals surface area contributed by atoms with Crippen LogP contribution in [-0.2, 0) is 18.9 Å². The SMILES string of the molecule is CC(=O)Nc1ccc(C(=O)c2sc(-c3c(N)n(C)c(=O)n(C)c3=O)nc2-c2cccs2)cc1. The van der Waals surface area contributed by atoms with Crippen molar-refractivity contribution in [1.29, 1.82) is 0 Å². The number of amides is 1. The number of nitrogens with two attached hydrogens (primary N) is 1. The molecule has 4 aromatic rings. The maximum atomic E-state index is 13.4. The first-order valence-corrected chi connectivity index (χ1v) is 11.4. The lowest BCUT2D eigenvalue weighted by atomic mass is 10.1. The molecule has 11 heteroatoms. The summed E-state index contributed by atoms with van der Waals surface area (Å²) >= 11 is 2.46. The second-order valence-electron chi connectivity index (χ2n) is 7.23. The standard InChI is InChI=1S/C22H19N5O4S2/c1-11(28)24-13-8-6-12(7-9-13)17(29)18-16(14-5-4-10-32-14)25-20(33-18)15-19(23)26(2)22(31)27(3)21(15)30/h4-10H,23H2,1-3H3,(H,24,28). The predicted molar refractivity (Wildman–Crippen MR) is 130 cm³/mol. The molecule has 0 saturated heterocycles. The van der Waals surface area contributed by atoms with Crippen molar-refractivity contribution in [3.05, 3.63) is 73.1 Å². The highest BCUT2D eigenvalue weighted by Crippen LogP contribution is 2.37. The molecular formula is C22H19N5O4S2. The minimum absolute atomic E-state index is 0.0201. The maximum absolute atomic E-state index is 13.4. The van der Waals surface area contributed by atoms with E-state index in [2.05, 4.69) is 10.3 Å². The number of aromatic nitrogens is 3. The monoisotopic (exact) mass is 481 g/mol. The van der Waals surface area contributed by atoms with Crippen molar-refractivity contribution in [1.82, 2.24) is 14.1 Å². The molecule has 168 valence electrons. The Morgan fingerprint density at radius 1 is 1.06 bits per heavy atom. The van der Waals surface area contributed by atoms with Crippen molar-refractivity contribution in [3.63, 3.8) is 0 Å². The van der Waals surface area contributed by atoms with Gasteiger partial charge in [-0.3, -0.25) is 23.5 Å². The number of ketones is 1. The summed E-state index contributed by atoms with van der Waals surface area (Å²) in [6.45, 7) is 1.40. The number of benzene rings is 1. The van der Waals surface area contributed by atoms with Crippen LogP contribution in [0.25, 0.3) is 21.1 Å². The maximum Gasteiger partial charge on any atom is 0.332 e. The van der Waals surface area contributed by atoms with E-state index in [0.29, 0.717) is 21.8 Å². The number of carbonyl (C=O) groups is 2. The van der Waals surface area contributed by atoms with Gasteiger partial charge in [0.1, 0.15) is 27.0 Å². The zero-order valence-corrected chi connectivity index (χ0v) is 19.5. The quantitative estimate of drug-likeness (QED) is 0.422. The summed E-state index contributed by atoms with van der Waals surface area (Å²) < 4.78 is 2.13. The van der Waals surface area contributed by atoms with E-state index < -0.39 is 11.2 Å². The Morgan fingerprint density at radius 3 is 2.36 bits per heavy atom. The number of hydrogen-bond donors (Lipinski definition) is 2. The highest BCUT2D eigenvalue weighted by Gasteiger charge is 2.25. The molecule has 33 heavy (non-hydrogen) atoms. The molecule has 0 aliphatic rings. The van der Waals surface area contributed by atoms with Gasteiger partial charge in [0.25, 0.3) is 5.56 Å². The molecule has 3 N–H and O–H groups in total. The molecular weight excluding hydrogens is 462 g/mol. The summed E-state index contributed by atoms with van der Waals surface area (Å²) in [5.41, 5.74) is 6.46. The third-order valence-corrected chi connectivity index (χ3v) is 6.93. The summed E-state index contributed by atoms with van der Waals surface area (Å²) in [6, 6.07) is 10.2. The number of nitrogen functional groups attached to an aromatic ring is 1. The molecule has 0 unspecified atom stereocenters. The van der Waals surface area contributed by atoms with E-state index in [1.165, 1.54) is 36.9 Å². The number of thiophene rings is 1. The van der Waals surface area contributed by atoms with Crippen LogP contribution in [-0.4, -0.2) is 25.8 Å². The second-order valence-corrected chi connectivity index (χ2v) is 9.17. The highest BCUT2D eigenvalue weighted by molar-refractivity contribution is 7.18. The number of hydrogen-bond acceptors (Lipinski definition) is 8. The number of nitrogens with zero attached hydrogens (tertiary/aromatic N) is 3. The Balaban J connectivity index is 1.87. The van der Waals surface area contributed by atoms with E-state index in [9.17, 15) is 19.2 Å². The molecule has 0 fully saturated rings. The fraction of sp³-hybridized carbons (Fsp3) is 0.136. The van der Waals surface area contributed by atoms with Crippen molar-refractivity contribution < 1.29 is 9.59 Å². The van der Waals surface area contributed by atoms with Crippen molar-refractivity contribution in [3.8, 4) is 21.1 Å². The van der Waals surface area contributed by atoms with Crippen LogP contribution in [0, 0.1) is 0 Å². The van der Waals surface area contributed by atoms with Crippen LogP contribution in [0.2, 0.25) is 0 Å². The number of anilines is 2. The van der Waals surface area contributed by atoms with E-state index in [1.807, 2.05) is 17.5 Å². The van der Waals surface area contributed by atoms with Crippen LogP contribution < -0.4 is 22.3 Å². The lowest BCUT2D eigenvalue weighted by Gasteiger charge is -2.09. The summed E-state index contributed by atoms with van der Waals surface area (Å²) in [5, 5.41) is 4.78. The van der Waals surface area contributed by atoms with Gasteiger partial charge >= 0.3 is 5.69 Å². The molecule has 0 bridgehead atoms. The molecule has 3 aromatic heterocycles. The molecule has 4 rings (SSSR count).